The third-order valence-electron chi connectivity index (χ3n) is 3.75. The monoisotopic (exact) mass is 267 g/mol. The highest BCUT2D eigenvalue weighted by Crippen LogP contribution is 2.26. The van der Waals surface area contributed by atoms with Crippen molar-refractivity contribution in [3.8, 4) is 0 Å². The lowest BCUT2D eigenvalue weighted by Gasteiger charge is -2.18. The molecule has 1 atom stereocenters. The molecule has 0 amide bonds. The number of fused-ring (bicyclic) bond motifs is 1. The largest absolute Gasteiger partial charge is 0.330 e. The molecule has 0 saturated carbocycles. The van der Waals surface area contributed by atoms with Gasteiger partial charge in [-0.1, -0.05) is 6.07 Å². The van der Waals surface area contributed by atoms with Crippen LogP contribution in [0.1, 0.15) is 37.3 Å². The zero-order chi connectivity index (χ0) is 13.2. The number of nitrogens with two attached hydrogens (primary N) is 1. The van der Waals surface area contributed by atoms with E-state index in [-0.39, 0.29) is 0 Å². The SMILES string of the molecule is CC(CCN)S(=O)(=O)c1ccc2c(c1)CCCC2. The second-order valence-corrected chi connectivity index (χ2v) is 7.44. The van der Waals surface area contributed by atoms with Crippen molar-refractivity contribution in [2.45, 2.75) is 49.2 Å². The van der Waals surface area contributed by atoms with E-state index in [9.17, 15) is 8.42 Å². The summed E-state index contributed by atoms with van der Waals surface area (Å²) < 4.78 is 24.7. The predicted molar refractivity (Wildman–Crippen MR) is 73.4 cm³/mol. The Bertz CT molecular complexity index is 523. The molecule has 0 fully saturated rings. The molecule has 1 aliphatic carbocycles. The summed E-state index contributed by atoms with van der Waals surface area (Å²) in [5.74, 6) is 0. The first-order chi connectivity index (χ1) is 8.55. The average Bonchev–Trinajstić information content (AvgIpc) is 2.38. The van der Waals surface area contributed by atoms with Crippen LogP contribution in [-0.2, 0) is 22.7 Å². The van der Waals surface area contributed by atoms with Gasteiger partial charge >= 0.3 is 0 Å². The lowest BCUT2D eigenvalue weighted by Crippen LogP contribution is -2.22. The van der Waals surface area contributed by atoms with E-state index in [0.717, 1.165) is 19.3 Å². The van der Waals surface area contributed by atoms with Gasteiger partial charge in [0.1, 0.15) is 0 Å². The third-order valence-corrected chi connectivity index (χ3v) is 5.96. The summed E-state index contributed by atoms with van der Waals surface area (Å²) in [6.07, 6.45) is 4.97. The van der Waals surface area contributed by atoms with Gasteiger partial charge in [-0.2, -0.15) is 0 Å². The maximum absolute atomic E-state index is 12.4. The Labute approximate surface area is 109 Å². The number of hydrogen-bond donors (Lipinski definition) is 1. The number of aryl methyl sites for hydroxylation is 2. The van der Waals surface area contributed by atoms with Crippen molar-refractivity contribution >= 4 is 9.84 Å². The van der Waals surface area contributed by atoms with Crippen molar-refractivity contribution < 1.29 is 8.42 Å². The van der Waals surface area contributed by atoms with Crippen molar-refractivity contribution in [3.05, 3.63) is 29.3 Å². The average molecular weight is 267 g/mol. The van der Waals surface area contributed by atoms with Crippen LogP contribution in [0.4, 0.5) is 0 Å². The van der Waals surface area contributed by atoms with E-state index >= 15 is 0 Å². The highest BCUT2D eigenvalue weighted by Gasteiger charge is 2.23. The molecule has 4 heteroatoms. The van der Waals surface area contributed by atoms with Gasteiger partial charge in [0.25, 0.3) is 0 Å². The molecular formula is C14H21NO2S. The maximum atomic E-state index is 12.4. The number of sulfone groups is 1. The highest BCUT2D eigenvalue weighted by atomic mass is 32.2. The third kappa shape index (κ3) is 2.59. The number of rotatable bonds is 4. The Kier molecular flexibility index (Phi) is 4.07. The normalized spacial score (nSPS) is 17.2. The van der Waals surface area contributed by atoms with Gasteiger partial charge < -0.3 is 5.73 Å². The molecule has 0 heterocycles. The molecule has 100 valence electrons. The first-order valence-corrected chi connectivity index (χ1v) is 8.16. The van der Waals surface area contributed by atoms with Gasteiger partial charge in [-0.25, -0.2) is 8.42 Å². The van der Waals surface area contributed by atoms with Gasteiger partial charge in [-0.3, -0.25) is 0 Å². The Hall–Kier alpha value is -0.870. The van der Waals surface area contributed by atoms with Crippen molar-refractivity contribution in [3.63, 3.8) is 0 Å². The van der Waals surface area contributed by atoms with Crippen LogP contribution in [0, 0.1) is 0 Å². The molecule has 1 aromatic rings. The van der Waals surface area contributed by atoms with E-state index in [1.165, 1.54) is 17.5 Å². The fraction of sp³-hybridized carbons (Fsp3) is 0.571. The second kappa shape index (κ2) is 5.41. The molecule has 0 spiro atoms. The minimum atomic E-state index is -3.21. The van der Waals surface area contributed by atoms with Crippen molar-refractivity contribution in [2.24, 2.45) is 5.73 Å². The maximum Gasteiger partial charge on any atom is 0.181 e. The van der Waals surface area contributed by atoms with Gasteiger partial charge in [0, 0.05) is 0 Å². The summed E-state index contributed by atoms with van der Waals surface area (Å²) in [5.41, 5.74) is 7.97. The summed E-state index contributed by atoms with van der Waals surface area (Å²) in [6.45, 7) is 2.15. The fourth-order valence-electron chi connectivity index (χ4n) is 2.51. The molecule has 2 rings (SSSR count). The summed E-state index contributed by atoms with van der Waals surface area (Å²) >= 11 is 0. The zero-order valence-corrected chi connectivity index (χ0v) is 11.7. The van der Waals surface area contributed by atoms with Crippen LogP contribution >= 0.6 is 0 Å². The van der Waals surface area contributed by atoms with Gasteiger partial charge in [0.15, 0.2) is 9.84 Å². The molecule has 1 unspecified atom stereocenters. The minimum absolute atomic E-state index is 0.399. The van der Waals surface area contributed by atoms with E-state index in [4.69, 9.17) is 5.73 Å². The van der Waals surface area contributed by atoms with Crippen molar-refractivity contribution in [1.29, 1.82) is 0 Å². The van der Waals surface area contributed by atoms with Gasteiger partial charge in [-0.05, 0) is 68.8 Å². The standard InChI is InChI=1S/C14H21NO2S/c1-11(8-9-15)18(16,17)14-7-6-12-4-2-3-5-13(12)10-14/h6-7,10-11H,2-5,8-9,15H2,1H3. The first kappa shape index (κ1) is 13.6. The van der Waals surface area contributed by atoms with Crippen LogP contribution in [0.3, 0.4) is 0 Å². The van der Waals surface area contributed by atoms with Crippen LogP contribution < -0.4 is 5.73 Å². The van der Waals surface area contributed by atoms with E-state index in [2.05, 4.69) is 0 Å². The Morgan fingerprint density at radius 1 is 1.22 bits per heavy atom. The Morgan fingerprint density at radius 3 is 2.56 bits per heavy atom. The Morgan fingerprint density at radius 2 is 1.89 bits per heavy atom. The van der Waals surface area contributed by atoms with Crippen LogP contribution in [0.15, 0.2) is 23.1 Å². The molecule has 1 aliphatic rings. The van der Waals surface area contributed by atoms with Crippen molar-refractivity contribution in [1.82, 2.24) is 0 Å². The molecule has 2 N–H and O–H groups in total. The predicted octanol–water partition coefficient (Wildman–Crippen LogP) is 2.08. The van der Waals surface area contributed by atoms with Gasteiger partial charge in [-0.15, -0.1) is 0 Å². The van der Waals surface area contributed by atoms with Crippen LogP contribution in [0.25, 0.3) is 0 Å². The highest BCUT2D eigenvalue weighted by molar-refractivity contribution is 7.92. The van der Waals surface area contributed by atoms with Crippen LogP contribution in [0.5, 0.6) is 0 Å². The number of benzene rings is 1. The van der Waals surface area contributed by atoms with Crippen molar-refractivity contribution in [2.75, 3.05) is 6.54 Å². The fourth-order valence-corrected chi connectivity index (χ4v) is 3.98. The topological polar surface area (TPSA) is 60.2 Å². The molecular weight excluding hydrogens is 246 g/mol. The summed E-state index contributed by atoms with van der Waals surface area (Å²) in [5, 5.41) is -0.399. The van der Waals surface area contributed by atoms with E-state index in [1.54, 1.807) is 13.0 Å². The molecule has 0 bridgehead atoms. The first-order valence-electron chi connectivity index (χ1n) is 6.61. The van der Waals surface area contributed by atoms with E-state index in [1.807, 2.05) is 12.1 Å². The van der Waals surface area contributed by atoms with Gasteiger partial charge in [0.2, 0.25) is 0 Å². The van der Waals surface area contributed by atoms with Gasteiger partial charge in [0.05, 0.1) is 10.1 Å². The molecule has 18 heavy (non-hydrogen) atoms. The molecule has 3 nitrogen and oxygen atoms in total. The second-order valence-electron chi connectivity index (χ2n) is 5.07. The smallest absolute Gasteiger partial charge is 0.181 e. The molecule has 0 radical (unpaired) electrons. The van der Waals surface area contributed by atoms with Crippen LogP contribution in [-0.4, -0.2) is 20.2 Å². The lowest BCUT2D eigenvalue weighted by molar-refractivity contribution is 0.577. The van der Waals surface area contributed by atoms with E-state index < -0.39 is 15.1 Å². The lowest BCUT2D eigenvalue weighted by atomic mass is 9.92. The van der Waals surface area contributed by atoms with Crippen LogP contribution in [0.2, 0.25) is 0 Å². The molecule has 0 aromatic heterocycles. The zero-order valence-electron chi connectivity index (χ0n) is 10.9. The van der Waals surface area contributed by atoms with E-state index in [0.29, 0.717) is 17.9 Å². The quantitative estimate of drug-likeness (QED) is 0.908. The number of hydrogen-bond acceptors (Lipinski definition) is 3. The summed E-state index contributed by atoms with van der Waals surface area (Å²) in [4.78, 5) is 0.462. The summed E-state index contributed by atoms with van der Waals surface area (Å²) in [7, 11) is -3.21. The molecule has 0 aliphatic heterocycles. The Balaban J connectivity index is 2.33. The summed E-state index contributed by atoms with van der Waals surface area (Å²) in [6, 6.07) is 5.61. The molecule has 1 aromatic carbocycles. The minimum Gasteiger partial charge on any atom is -0.330 e. The molecule has 0 saturated heterocycles.